The minimum Gasteiger partial charge on any atom is -0.390 e. The first-order chi connectivity index (χ1) is 16.6. The molecule has 5 fully saturated rings. The summed E-state index contributed by atoms with van der Waals surface area (Å²) < 4.78 is 67.7. The van der Waals surface area contributed by atoms with Crippen LogP contribution in [0.4, 0.5) is 13.2 Å². The topological polar surface area (TPSA) is 107 Å². The monoisotopic (exact) mass is 530 g/mol. The molecule has 4 bridgehead atoms. The van der Waals surface area contributed by atoms with Gasteiger partial charge in [-0.25, -0.2) is 8.42 Å². The van der Waals surface area contributed by atoms with Gasteiger partial charge in [-0.3, -0.25) is 4.79 Å². The quantitative estimate of drug-likeness (QED) is 0.543. The van der Waals surface area contributed by atoms with Gasteiger partial charge in [-0.05, 0) is 94.2 Å². The smallest absolute Gasteiger partial charge is 0.390 e. The number of carbonyl (C=O) groups excluding carboxylic acids is 1. The number of amides is 1. The highest BCUT2D eigenvalue weighted by Crippen LogP contribution is 2.55. The van der Waals surface area contributed by atoms with Crippen LogP contribution in [0.3, 0.4) is 0 Å². The fourth-order valence-electron chi connectivity index (χ4n) is 7.32. The van der Waals surface area contributed by atoms with Crippen molar-refractivity contribution >= 4 is 15.9 Å². The standard InChI is InChI=1S/C25H33F3N2O5S/c1-22(21(31)29-20-16-10-15-11-17(20)14-24(33,12-15)13-16)8-3-9-30(22)36(34,35)19-6-4-18(5-7-19)23(2,32)25(26,27)28/h4-7,15-17,20,32-33H,3,8-14H2,1-2H3,(H,29,31). The van der Waals surface area contributed by atoms with Crippen LogP contribution >= 0.6 is 0 Å². The maximum Gasteiger partial charge on any atom is 0.421 e. The van der Waals surface area contributed by atoms with E-state index in [1.54, 1.807) is 6.92 Å². The fraction of sp³-hybridized carbons (Fsp3) is 0.720. The van der Waals surface area contributed by atoms with E-state index >= 15 is 0 Å². The average molecular weight is 531 g/mol. The Morgan fingerprint density at radius 1 is 1.11 bits per heavy atom. The van der Waals surface area contributed by atoms with E-state index in [2.05, 4.69) is 5.32 Å². The molecule has 1 heterocycles. The second kappa shape index (κ2) is 8.15. The Labute approximate surface area is 209 Å². The van der Waals surface area contributed by atoms with Gasteiger partial charge in [0.1, 0.15) is 5.54 Å². The number of halogens is 3. The van der Waals surface area contributed by atoms with Gasteiger partial charge in [0.15, 0.2) is 5.60 Å². The lowest BCUT2D eigenvalue weighted by Gasteiger charge is -2.58. The van der Waals surface area contributed by atoms with Crippen molar-refractivity contribution in [2.24, 2.45) is 17.8 Å². The molecule has 3 N–H and O–H groups in total. The van der Waals surface area contributed by atoms with Crippen molar-refractivity contribution in [2.75, 3.05) is 6.54 Å². The van der Waals surface area contributed by atoms with Crippen molar-refractivity contribution < 1.29 is 36.6 Å². The van der Waals surface area contributed by atoms with E-state index in [4.69, 9.17) is 0 Å². The summed E-state index contributed by atoms with van der Waals surface area (Å²) in [6, 6.07) is 3.89. The number of alkyl halides is 3. The minimum absolute atomic E-state index is 0.0970. The molecule has 1 amide bonds. The Hall–Kier alpha value is -1.69. The van der Waals surface area contributed by atoms with Gasteiger partial charge in [0.2, 0.25) is 15.9 Å². The van der Waals surface area contributed by atoms with Crippen molar-refractivity contribution in [1.82, 2.24) is 9.62 Å². The molecule has 5 aliphatic rings. The zero-order valence-corrected chi connectivity index (χ0v) is 21.2. The van der Waals surface area contributed by atoms with Gasteiger partial charge in [-0.2, -0.15) is 17.5 Å². The van der Waals surface area contributed by atoms with Crippen LogP contribution < -0.4 is 5.32 Å². The third-order valence-corrected chi connectivity index (χ3v) is 11.2. The lowest BCUT2D eigenvalue weighted by Crippen LogP contribution is -2.65. The minimum atomic E-state index is -4.92. The van der Waals surface area contributed by atoms with Crippen LogP contribution in [0.25, 0.3) is 0 Å². The van der Waals surface area contributed by atoms with Crippen molar-refractivity contribution in [1.29, 1.82) is 0 Å². The average Bonchev–Trinajstić information content (AvgIpc) is 3.18. The number of hydrogen-bond acceptors (Lipinski definition) is 5. The van der Waals surface area contributed by atoms with E-state index in [9.17, 15) is 36.6 Å². The van der Waals surface area contributed by atoms with E-state index in [1.165, 1.54) is 0 Å². The van der Waals surface area contributed by atoms with Crippen LogP contribution in [-0.2, 0) is 20.4 Å². The molecule has 7 nitrogen and oxygen atoms in total. The molecule has 0 aromatic heterocycles. The van der Waals surface area contributed by atoms with E-state index in [1.807, 2.05) is 0 Å². The zero-order chi connectivity index (χ0) is 26.3. The highest BCUT2D eigenvalue weighted by molar-refractivity contribution is 7.89. The predicted molar refractivity (Wildman–Crippen MR) is 124 cm³/mol. The third-order valence-electron chi connectivity index (χ3n) is 9.16. The molecule has 1 aromatic rings. The molecule has 4 aliphatic carbocycles. The number of aliphatic hydroxyl groups is 2. The molecule has 11 heteroatoms. The number of sulfonamides is 1. The fourth-order valence-corrected chi connectivity index (χ4v) is 9.13. The van der Waals surface area contributed by atoms with Crippen molar-refractivity contribution in [3.8, 4) is 0 Å². The summed E-state index contributed by atoms with van der Waals surface area (Å²) in [4.78, 5) is 13.4. The summed E-state index contributed by atoms with van der Waals surface area (Å²) in [7, 11) is -4.19. The van der Waals surface area contributed by atoms with Gasteiger partial charge in [-0.15, -0.1) is 0 Å². The van der Waals surface area contributed by atoms with Crippen LogP contribution in [0.1, 0.15) is 64.4 Å². The first-order valence-electron chi connectivity index (χ1n) is 12.5. The SMILES string of the molecule is CC1(C(=O)NC2C3CC4CC2CC(O)(C4)C3)CCCN1S(=O)(=O)c1ccc(C(C)(O)C(F)(F)F)cc1. The summed E-state index contributed by atoms with van der Waals surface area (Å²) in [5, 5.41) is 23.9. The molecule has 1 aliphatic heterocycles. The van der Waals surface area contributed by atoms with Crippen molar-refractivity contribution in [2.45, 2.75) is 92.6 Å². The number of hydrogen-bond donors (Lipinski definition) is 3. The maximum atomic E-state index is 13.6. The molecule has 4 atom stereocenters. The first-order valence-corrected chi connectivity index (χ1v) is 14.0. The molecule has 36 heavy (non-hydrogen) atoms. The molecule has 0 radical (unpaired) electrons. The summed E-state index contributed by atoms with van der Waals surface area (Å²) in [5.41, 5.74) is -5.57. The van der Waals surface area contributed by atoms with Gasteiger partial charge in [0, 0.05) is 12.6 Å². The van der Waals surface area contributed by atoms with Crippen LogP contribution in [0.2, 0.25) is 0 Å². The summed E-state index contributed by atoms with van der Waals surface area (Å²) in [5.74, 6) is 0.453. The van der Waals surface area contributed by atoms with Gasteiger partial charge >= 0.3 is 6.18 Å². The van der Waals surface area contributed by atoms with Crippen molar-refractivity contribution in [3.05, 3.63) is 29.8 Å². The van der Waals surface area contributed by atoms with Gasteiger partial charge in [-0.1, -0.05) is 12.1 Å². The van der Waals surface area contributed by atoms with Crippen LogP contribution in [0.15, 0.2) is 29.2 Å². The van der Waals surface area contributed by atoms with Crippen LogP contribution in [0, 0.1) is 17.8 Å². The molecular formula is C25H33F3N2O5S. The Morgan fingerprint density at radius 3 is 2.22 bits per heavy atom. The number of carbonyl (C=O) groups is 1. The maximum absolute atomic E-state index is 13.6. The van der Waals surface area contributed by atoms with Gasteiger partial charge in [0.25, 0.3) is 0 Å². The second-order valence-electron chi connectivity index (χ2n) is 11.7. The second-order valence-corrected chi connectivity index (χ2v) is 13.6. The summed E-state index contributed by atoms with van der Waals surface area (Å²) in [6.45, 7) is 2.33. The largest absolute Gasteiger partial charge is 0.421 e. The van der Waals surface area contributed by atoms with E-state index in [0.29, 0.717) is 38.5 Å². The summed E-state index contributed by atoms with van der Waals surface area (Å²) >= 11 is 0. The molecule has 6 rings (SSSR count). The predicted octanol–water partition coefficient (Wildman–Crippen LogP) is 3.06. The van der Waals surface area contributed by atoms with Gasteiger partial charge in [0.05, 0.1) is 10.5 Å². The molecule has 0 spiro atoms. The molecular weight excluding hydrogens is 497 g/mol. The third kappa shape index (κ3) is 3.97. The van der Waals surface area contributed by atoms with Crippen LogP contribution in [-0.4, -0.2) is 58.7 Å². The molecule has 200 valence electrons. The first kappa shape index (κ1) is 25.9. The molecule has 4 saturated carbocycles. The Kier molecular flexibility index (Phi) is 5.87. The molecule has 1 aromatic carbocycles. The van der Waals surface area contributed by atoms with E-state index in [0.717, 1.165) is 47.8 Å². The lowest BCUT2D eigenvalue weighted by molar-refractivity contribution is -0.258. The number of benzene rings is 1. The Bertz CT molecular complexity index is 1140. The van der Waals surface area contributed by atoms with Gasteiger partial charge < -0.3 is 15.5 Å². The normalized spacial score (nSPS) is 38.2. The zero-order valence-electron chi connectivity index (χ0n) is 20.4. The molecule has 4 unspecified atom stereocenters. The molecule has 1 saturated heterocycles. The number of rotatable bonds is 5. The van der Waals surface area contributed by atoms with Crippen molar-refractivity contribution in [3.63, 3.8) is 0 Å². The van der Waals surface area contributed by atoms with Crippen LogP contribution in [0.5, 0.6) is 0 Å². The number of nitrogens with zero attached hydrogens (tertiary/aromatic N) is 1. The highest BCUT2D eigenvalue weighted by atomic mass is 32.2. The van der Waals surface area contributed by atoms with E-state index in [-0.39, 0.29) is 35.2 Å². The lowest BCUT2D eigenvalue weighted by atomic mass is 9.52. The summed E-state index contributed by atoms with van der Waals surface area (Å²) in [6.07, 6.45) is -0.0897. The van der Waals surface area contributed by atoms with E-state index < -0.39 is 38.5 Å². The Balaban J connectivity index is 1.36. The Morgan fingerprint density at radius 2 is 1.69 bits per heavy atom. The highest BCUT2D eigenvalue weighted by Gasteiger charge is 2.57. The number of nitrogens with one attached hydrogen (secondary N) is 1.